The van der Waals surface area contributed by atoms with Crippen LogP contribution in [0, 0.1) is 13.8 Å². The van der Waals surface area contributed by atoms with E-state index in [-0.39, 0.29) is 6.42 Å². The van der Waals surface area contributed by atoms with Gasteiger partial charge >= 0.3 is 0 Å². The Balaban J connectivity index is 2.02. The number of nitrogens with one attached hydrogen (secondary N) is 2. The first kappa shape index (κ1) is 18.6. The van der Waals surface area contributed by atoms with Crippen molar-refractivity contribution in [2.75, 3.05) is 10.6 Å². The monoisotopic (exact) mass is 384 g/mol. The lowest BCUT2D eigenvalue weighted by atomic mass is 10.1. The van der Waals surface area contributed by atoms with Gasteiger partial charge in [-0.05, 0) is 49.2 Å². The van der Waals surface area contributed by atoms with Crippen LogP contribution >= 0.6 is 34.8 Å². The maximum absolute atomic E-state index is 12.1. The minimum atomic E-state index is -0.502. The van der Waals surface area contributed by atoms with Crippen LogP contribution in [0.3, 0.4) is 0 Å². The summed E-state index contributed by atoms with van der Waals surface area (Å²) in [5, 5.41) is 6.41. The van der Waals surface area contributed by atoms with E-state index in [0.717, 1.165) is 11.1 Å². The number of hydrogen-bond donors (Lipinski definition) is 2. The van der Waals surface area contributed by atoms with Crippen LogP contribution in [0.1, 0.15) is 17.5 Å². The van der Waals surface area contributed by atoms with Crippen molar-refractivity contribution in [3.05, 3.63) is 56.5 Å². The van der Waals surface area contributed by atoms with Crippen LogP contribution in [0.2, 0.25) is 15.1 Å². The van der Waals surface area contributed by atoms with Crippen LogP contribution in [0.25, 0.3) is 0 Å². The zero-order valence-corrected chi connectivity index (χ0v) is 15.3. The Morgan fingerprint density at radius 1 is 0.917 bits per heavy atom. The molecule has 0 aliphatic rings. The van der Waals surface area contributed by atoms with Crippen molar-refractivity contribution < 1.29 is 9.59 Å². The van der Waals surface area contributed by atoms with Gasteiger partial charge in [0, 0.05) is 5.02 Å². The number of rotatable bonds is 4. The molecule has 2 N–H and O–H groups in total. The fourth-order valence-corrected chi connectivity index (χ4v) is 2.90. The Bertz CT molecular complexity index is 783. The van der Waals surface area contributed by atoms with E-state index in [2.05, 4.69) is 10.6 Å². The Labute approximate surface area is 155 Å². The summed E-state index contributed by atoms with van der Waals surface area (Å²) < 4.78 is 0. The molecule has 4 nitrogen and oxygen atoms in total. The number of aryl methyl sites for hydroxylation is 2. The van der Waals surface area contributed by atoms with E-state index in [9.17, 15) is 9.59 Å². The largest absolute Gasteiger partial charge is 0.324 e. The molecule has 0 unspecified atom stereocenters. The van der Waals surface area contributed by atoms with Gasteiger partial charge in [0.1, 0.15) is 6.42 Å². The highest BCUT2D eigenvalue weighted by atomic mass is 35.5. The second-order valence-corrected chi connectivity index (χ2v) is 6.59. The zero-order valence-electron chi connectivity index (χ0n) is 13.0. The molecule has 0 fully saturated rings. The molecule has 126 valence electrons. The smallest absolute Gasteiger partial charge is 0.233 e. The van der Waals surface area contributed by atoms with E-state index >= 15 is 0 Å². The predicted octanol–water partition coefficient (Wildman–Crippen LogP) is 5.23. The lowest BCUT2D eigenvalue weighted by Gasteiger charge is -2.12. The van der Waals surface area contributed by atoms with Crippen LogP contribution < -0.4 is 10.6 Å². The predicted molar refractivity (Wildman–Crippen MR) is 99.3 cm³/mol. The summed E-state index contributed by atoms with van der Waals surface area (Å²) in [7, 11) is 0. The van der Waals surface area contributed by atoms with Crippen LogP contribution in [-0.4, -0.2) is 11.8 Å². The summed E-state index contributed by atoms with van der Waals surface area (Å²) in [6.45, 7) is 3.74. The third kappa shape index (κ3) is 4.87. The Hall–Kier alpha value is -1.75. The second-order valence-electron chi connectivity index (χ2n) is 5.34. The van der Waals surface area contributed by atoms with Crippen molar-refractivity contribution in [2.45, 2.75) is 20.3 Å². The molecular weight excluding hydrogens is 371 g/mol. The van der Waals surface area contributed by atoms with E-state index in [1.807, 2.05) is 19.9 Å². The van der Waals surface area contributed by atoms with Gasteiger partial charge in [-0.1, -0.05) is 40.9 Å². The SMILES string of the molecule is Cc1cc(C)c(NC(=O)CC(=O)Nc2cc(Cl)ccc2Cl)c(Cl)c1. The highest BCUT2D eigenvalue weighted by Gasteiger charge is 2.14. The lowest BCUT2D eigenvalue weighted by molar-refractivity contribution is -0.123. The normalized spacial score (nSPS) is 10.4. The first-order valence-corrected chi connectivity index (χ1v) is 8.21. The van der Waals surface area contributed by atoms with Crippen molar-refractivity contribution in [3.63, 3.8) is 0 Å². The summed E-state index contributed by atoms with van der Waals surface area (Å²) in [4.78, 5) is 24.1. The van der Waals surface area contributed by atoms with Crippen LogP contribution in [-0.2, 0) is 9.59 Å². The molecule has 2 amide bonds. The first-order chi connectivity index (χ1) is 11.3. The third-order valence-electron chi connectivity index (χ3n) is 3.22. The molecule has 2 rings (SSSR count). The van der Waals surface area contributed by atoms with E-state index < -0.39 is 11.8 Å². The Morgan fingerprint density at radius 3 is 2.25 bits per heavy atom. The zero-order chi connectivity index (χ0) is 17.9. The third-order valence-corrected chi connectivity index (χ3v) is 4.08. The van der Waals surface area contributed by atoms with Crippen LogP contribution in [0.4, 0.5) is 11.4 Å². The van der Waals surface area contributed by atoms with Crippen LogP contribution in [0.5, 0.6) is 0 Å². The summed E-state index contributed by atoms with van der Waals surface area (Å²) in [5.74, 6) is -0.975. The van der Waals surface area contributed by atoms with Gasteiger partial charge in [-0.3, -0.25) is 9.59 Å². The van der Waals surface area contributed by atoms with E-state index in [0.29, 0.717) is 26.4 Å². The molecular formula is C17H15Cl3N2O2. The Kier molecular flexibility index (Phi) is 6.10. The second kappa shape index (κ2) is 7.88. The van der Waals surface area contributed by atoms with Crippen molar-refractivity contribution in [1.82, 2.24) is 0 Å². The first-order valence-electron chi connectivity index (χ1n) is 7.08. The average molecular weight is 386 g/mol. The number of benzene rings is 2. The van der Waals surface area contributed by atoms with Crippen LogP contribution in [0.15, 0.2) is 30.3 Å². The maximum atomic E-state index is 12.1. The number of carbonyl (C=O) groups excluding carboxylic acids is 2. The standard InChI is InChI=1S/C17H15Cl3N2O2/c1-9-5-10(2)17(13(20)6-9)22-16(24)8-15(23)21-14-7-11(18)3-4-12(14)19/h3-7H,8H2,1-2H3,(H,21,23)(H,22,24). The lowest BCUT2D eigenvalue weighted by Crippen LogP contribution is -2.22. The molecule has 0 bridgehead atoms. The molecule has 7 heteroatoms. The van der Waals surface area contributed by atoms with E-state index in [4.69, 9.17) is 34.8 Å². The average Bonchev–Trinajstić information content (AvgIpc) is 2.46. The molecule has 0 atom stereocenters. The summed E-state index contributed by atoms with van der Waals surface area (Å²) in [6.07, 6.45) is -0.369. The highest BCUT2D eigenvalue weighted by Crippen LogP contribution is 2.28. The Morgan fingerprint density at radius 2 is 1.58 bits per heavy atom. The van der Waals surface area contributed by atoms with E-state index in [1.165, 1.54) is 6.07 Å². The molecule has 2 aromatic rings. The molecule has 0 spiro atoms. The number of amides is 2. The summed E-state index contributed by atoms with van der Waals surface area (Å²) in [6, 6.07) is 8.33. The minimum absolute atomic E-state index is 0.339. The molecule has 24 heavy (non-hydrogen) atoms. The van der Waals surface area contributed by atoms with Gasteiger partial charge in [0.2, 0.25) is 11.8 Å². The molecule has 0 saturated carbocycles. The molecule has 0 aromatic heterocycles. The molecule has 0 radical (unpaired) electrons. The fourth-order valence-electron chi connectivity index (χ4n) is 2.19. The maximum Gasteiger partial charge on any atom is 0.233 e. The van der Waals surface area contributed by atoms with E-state index in [1.54, 1.807) is 18.2 Å². The minimum Gasteiger partial charge on any atom is -0.324 e. The van der Waals surface area contributed by atoms with Gasteiger partial charge in [0.15, 0.2) is 0 Å². The van der Waals surface area contributed by atoms with Crippen molar-refractivity contribution in [3.8, 4) is 0 Å². The van der Waals surface area contributed by atoms with Crippen molar-refractivity contribution in [2.24, 2.45) is 0 Å². The summed E-state index contributed by atoms with van der Waals surface area (Å²) in [5.41, 5.74) is 2.67. The van der Waals surface area contributed by atoms with Gasteiger partial charge in [-0.25, -0.2) is 0 Å². The molecule has 2 aromatic carbocycles. The van der Waals surface area contributed by atoms with Gasteiger partial charge in [0.05, 0.1) is 21.4 Å². The number of hydrogen-bond acceptors (Lipinski definition) is 2. The number of carbonyl (C=O) groups is 2. The highest BCUT2D eigenvalue weighted by molar-refractivity contribution is 6.36. The van der Waals surface area contributed by atoms with Gasteiger partial charge < -0.3 is 10.6 Å². The van der Waals surface area contributed by atoms with Gasteiger partial charge in [-0.15, -0.1) is 0 Å². The van der Waals surface area contributed by atoms with Gasteiger partial charge in [-0.2, -0.15) is 0 Å². The molecule has 0 aliphatic heterocycles. The summed E-state index contributed by atoms with van der Waals surface area (Å²) >= 11 is 18.0. The quantitative estimate of drug-likeness (QED) is 0.708. The number of halogens is 3. The molecule has 0 aliphatic carbocycles. The topological polar surface area (TPSA) is 58.2 Å². The molecule has 0 heterocycles. The van der Waals surface area contributed by atoms with Gasteiger partial charge in [0.25, 0.3) is 0 Å². The molecule has 0 saturated heterocycles. The fraction of sp³-hybridized carbons (Fsp3) is 0.176. The van der Waals surface area contributed by atoms with Crippen molar-refractivity contribution >= 4 is 58.0 Å². The number of anilines is 2. The van der Waals surface area contributed by atoms with Crippen molar-refractivity contribution in [1.29, 1.82) is 0 Å².